The van der Waals surface area contributed by atoms with Crippen molar-refractivity contribution in [2.45, 2.75) is 25.8 Å². The first-order valence-electron chi connectivity index (χ1n) is 8.58. The lowest BCUT2D eigenvalue weighted by molar-refractivity contribution is 0.567. The summed E-state index contributed by atoms with van der Waals surface area (Å²) >= 11 is 0. The molecule has 4 nitrogen and oxygen atoms in total. The van der Waals surface area contributed by atoms with E-state index in [1.165, 1.54) is 16.8 Å². The highest BCUT2D eigenvalue weighted by Gasteiger charge is 2.26. The Hall–Kier alpha value is -2.62. The molecule has 1 aliphatic heterocycles. The van der Waals surface area contributed by atoms with Gasteiger partial charge in [0.25, 0.3) is 0 Å². The number of aromatic nitrogens is 2. The molecule has 1 aliphatic rings. The molecule has 3 heterocycles. The van der Waals surface area contributed by atoms with E-state index in [-0.39, 0.29) is 0 Å². The molecule has 122 valence electrons. The number of fused-ring (bicyclic) bond motifs is 2. The minimum atomic E-state index is 0.416. The van der Waals surface area contributed by atoms with Crippen molar-refractivity contribution >= 4 is 22.4 Å². The number of benzene rings is 1. The number of nitrogens with zero attached hydrogens (tertiary/aromatic N) is 3. The van der Waals surface area contributed by atoms with Gasteiger partial charge >= 0.3 is 0 Å². The molecule has 1 unspecified atom stereocenters. The first kappa shape index (κ1) is 14.9. The molecule has 4 heteroatoms. The van der Waals surface area contributed by atoms with E-state index in [1.807, 2.05) is 25.5 Å². The van der Waals surface area contributed by atoms with Crippen molar-refractivity contribution in [3.8, 4) is 0 Å². The minimum absolute atomic E-state index is 0.416. The summed E-state index contributed by atoms with van der Waals surface area (Å²) in [6, 6.07) is 13.5. The molecule has 3 aromatic rings. The van der Waals surface area contributed by atoms with Crippen molar-refractivity contribution in [1.29, 1.82) is 0 Å². The van der Waals surface area contributed by atoms with Crippen LogP contribution >= 0.6 is 0 Å². The SMILES string of the molecule is CCC1c2ccccc2CCN1c1cnc2c(NC)nccc2c1. The Morgan fingerprint density at radius 3 is 2.92 bits per heavy atom. The van der Waals surface area contributed by atoms with Gasteiger partial charge < -0.3 is 10.2 Å². The first-order chi connectivity index (χ1) is 11.8. The Labute approximate surface area is 142 Å². The quantitative estimate of drug-likeness (QED) is 0.786. The third-order valence-electron chi connectivity index (χ3n) is 4.95. The van der Waals surface area contributed by atoms with E-state index >= 15 is 0 Å². The van der Waals surface area contributed by atoms with Gasteiger partial charge in [0.2, 0.25) is 0 Å². The summed E-state index contributed by atoms with van der Waals surface area (Å²) in [5.41, 5.74) is 5.05. The summed E-state index contributed by atoms with van der Waals surface area (Å²) < 4.78 is 0. The van der Waals surface area contributed by atoms with E-state index in [4.69, 9.17) is 0 Å². The Bertz CT molecular complexity index is 874. The van der Waals surface area contributed by atoms with Gasteiger partial charge in [-0.3, -0.25) is 4.98 Å². The van der Waals surface area contributed by atoms with Crippen LogP contribution in [0, 0.1) is 0 Å². The lowest BCUT2D eigenvalue weighted by atomic mass is 9.91. The van der Waals surface area contributed by atoms with Gasteiger partial charge in [-0.15, -0.1) is 0 Å². The highest BCUT2D eigenvalue weighted by atomic mass is 15.2. The molecular weight excluding hydrogens is 296 g/mol. The fourth-order valence-corrected chi connectivity index (χ4v) is 3.79. The van der Waals surface area contributed by atoms with Gasteiger partial charge in [0.05, 0.1) is 17.9 Å². The van der Waals surface area contributed by atoms with Gasteiger partial charge in [-0.25, -0.2) is 4.98 Å². The molecule has 24 heavy (non-hydrogen) atoms. The Balaban J connectivity index is 1.77. The number of hydrogen-bond donors (Lipinski definition) is 1. The van der Waals surface area contributed by atoms with Gasteiger partial charge in [-0.2, -0.15) is 0 Å². The number of pyridine rings is 2. The third-order valence-corrected chi connectivity index (χ3v) is 4.95. The number of anilines is 2. The van der Waals surface area contributed by atoms with Crippen LogP contribution in [-0.4, -0.2) is 23.6 Å². The van der Waals surface area contributed by atoms with E-state index in [0.29, 0.717) is 6.04 Å². The molecule has 2 aromatic heterocycles. The van der Waals surface area contributed by atoms with E-state index in [2.05, 4.69) is 57.4 Å². The molecule has 0 saturated heterocycles. The molecule has 1 atom stereocenters. The number of hydrogen-bond acceptors (Lipinski definition) is 4. The van der Waals surface area contributed by atoms with Gasteiger partial charge in [0.1, 0.15) is 5.52 Å². The second-order valence-corrected chi connectivity index (χ2v) is 6.24. The molecule has 0 amide bonds. The standard InChI is InChI=1S/C20H22N4/c1-3-18-17-7-5-4-6-14(17)9-11-24(18)16-12-15-8-10-22-20(21-2)19(15)23-13-16/h4-8,10,12-13,18H,3,9,11H2,1-2H3,(H,21,22). The zero-order valence-corrected chi connectivity index (χ0v) is 14.2. The summed E-state index contributed by atoms with van der Waals surface area (Å²) in [5.74, 6) is 0.829. The summed E-state index contributed by atoms with van der Waals surface area (Å²) in [6.45, 7) is 3.30. The molecular formula is C20H22N4. The minimum Gasteiger partial charge on any atom is -0.371 e. The Kier molecular flexibility index (Phi) is 3.81. The van der Waals surface area contributed by atoms with Crippen LogP contribution in [-0.2, 0) is 6.42 Å². The average molecular weight is 318 g/mol. The van der Waals surface area contributed by atoms with Crippen molar-refractivity contribution in [2.75, 3.05) is 23.8 Å². The lowest BCUT2D eigenvalue weighted by Crippen LogP contribution is -2.35. The molecule has 1 aromatic carbocycles. The van der Waals surface area contributed by atoms with Crippen LogP contribution in [0.5, 0.6) is 0 Å². The maximum Gasteiger partial charge on any atom is 0.152 e. The number of rotatable bonds is 3. The maximum absolute atomic E-state index is 4.69. The van der Waals surface area contributed by atoms with E-state index < -0.39 is 0 Å². The summed E-state index contributed by atoms with van der Waals surface area (Å²) in [7, 11) is 1.88. The van der Waals surface area contributed by atoms with Crippen molar-refractivity contribution in [1.82, 2.24) is 9.97 Å². The van der Waals surface area contributed by atoms with Gasteiger partial charge in [-0.1, -0.05) is 31.2 Å². The van der Waals surface area contributed by atoms with Gasteiger partial charge in [0, 0.05) is 25.2 Å². The predicted octanol–water partition coefficient (Wildman–Crippen LogP) is 4.19. The molecule has 0 saturated carbocycles. The first-order valence-corrected chi connectivity index (χ1v) is 8.58. The van der Waals surface area contributed by atoms with Crippen molar-refractivity contribution in [2.24, 2.45) is 0 Å². The van der Waals surface area contributed by atoms with Crippen LogP contribution in [0.2, 0.25) is 0 Å². The molecule has 1 N–H and O–H groups in total. The van der Waals surface area contributed by atoms with Gasteiger partial charge in [0.15, 0.2) is 5.82 Å². The van der Waals surface area contributed by atoms with Crippen LogP contribution in [0.3, 0.4) is 0 Å². The smallest absolute Gasteiger partial charge is 0.152 e. The molecule has 0 aliphatic carbocycles. The van der Waals surface area contributed by atoms with E-state index in [0.717, 1.165) is 36.1 Å². The zero-order valence-electron chi connectivity index (χ0n) is 14.2. The molecule has 0 fully saturated rings. The molecule has 0 radical (unpaired) electrons. The highest BCUT2D eigenvalue weighted by Crippen LogP contribution is 2.36. The molecule has 0 spiro atoms. The normalized spacial score (nSPS) is 16.9. The van der Waals surface area contributed by atoms with Crippen LogP contribution in [0.25, 0.3) is 10.9 Å². The third kappa shape index (κ3) is 2.39. The van der Waals surface area contributed by atoms with E-state index in [1.54, 1.807) is 0 Å². The largest absolute Gasteiger partial charge is 0.371 e. The summed E-state index contributed by atoms with van der Waals surface area (Å²) in [5, 5.41) is 4.24. The molecule has 0 bridgehead atoms. The molecule has 4 rings (SSSR count). The highest BCUT2D eigenvalue weighted by molar-refractivity contribution is 5.90. The topological polar surface area (TPSA) is 41.1 Å². The van der Waals surface area contributed by atoms with Crippen LogP contribution < -0.4 is 10.2 Å². The fraction of sp³-hybridized carbons (Fsp3) is 0.300. The Morgan fingerprint density at radius 1 is 1.21 bits per heavy atom. The van der Waals surface area contributed by atoms with Crippen molar-refractivity contribution < 1.29 is 0 Å². The van der Waals surface area contributed by atoms with Crippen LogP contribution in [0.1, 0.15) is 30.5 Å². The summed E-state index contributed by atoms with van der Waals surface area (Å²) in [4.78, 5) is 11.5. The van der Waals surface area contributed by atoms with Crippen molar-refractivity contribution in [3.63, 3.8) is 0 Å². The van der Waals surface area contributed by atoms with Crippen LogP contribution in [0.15, 0.2) is 48.8 Å². The zero-order chi connectivity index (χ0) is 16.5. The maximum atomic E-state index is 4.69. The van der Waals surface area contributed by atoms with Crippen LogP contribution in [0.4, 0.5) is 11.5 Å². The predicted molar refractivity (Wildman–Crippen MR) is 99.6 cm³/mol. The monoisotopic (exact) mass is 318 g/mol. The van der Waals surface area contributed by atoms with Gasteiger partial charge in [-0.05, 0) is 36.1 Å². The second kappa shape index (κ2) is 6.11. The lowest BCUT2D eigenvalue weighted by Gasteiger charge is -2.38. The van der Waals surface area contributed by atoms with Crippen molar-refractivity contribution in [3.05, 3.63) is 59.9 Å². The number of nitrogens with one attached hydrogen (secondary N) is 1. The second-order valence-electron chi connectivity index (χ2n) is 6.24. The Morgan fingerprint density at radius 2 is 2.08 bits per heavy atom. The average Bonchev–Trinajstić information content (AvgIpc) is 2.66. The van der Waals surface area contributed by atoms with E-state index in [9.17, 15) is 0 Å². The summed E-state index contributed by atoms with van der Waals surface area (Å²) in [6.07, 6.45) is 6.00. The fourth-order valence-electron chi connectivity index (χ4n) is 3.79.